The van der Waals surface area contributed by atoms with Crippen molar-refractivity contribution >= 4 is 21.6 Å². The molecule has 0 radical (unpaired) electrons. The molecule has 0 saturated heterocycles. The highest BCUT2D eigenvalue weighted by Crippen LogP contribution is 2.27. The Hall–Kier alpha value is -0.780. The average Bonchev–Trinajstić information content (AvgIpc) is 2.25. The highest BCUT2D eigenvalue weighted by Gasteiger charge is 2.06. The van der Waals surface area contributed by atoms with Crippen LogP contribution in [0.15, 0.2) is 22.7 Å². The Morgan fingerprint density at radius 1 is 1.47 bits per heavy atom. The minimum atomic E-state index is -0.383. The van der Waals surface area contributed by atoms with Gasteiger partial charge in [0, 0.05) is 18.8 Å². The third-order valence-corrected chi connectivity index (χ3v) is 2.89. The summed E-state index contributed by atoms with van der Waals surface area (Å²) in [5.74, 6) is 0.796. The van der Waals surface area contributed by atoms with Crippen molar-refractivity contribution in [2.24, 2.45) is 0 Å². The lowest BCUT2D eigenvalue weighted by atomic mass is 10.2. The molecule has 0 spiro atoms. The average molecular weight is 303 g/mol. The van der Waals surface area contributed by atoms with Crippen LogP contribution in [0.2, 0.25) is 0 Å². The van der Waals surface area contributed by atoms with Crippen molar-refractivity contribution in [3.8, 4) is 5.75 Å². The Kier molecular flexibility index (Phi) is 5.74. The number of benzene rings is 1. The first-order valence-corrected chi connectivity index (χ1v) is 6.22. The maximum absolute atomic E-state index is 9.71. The molecule has 0 heterocycles. The lowest BCUT2D eigenvalue weighted by molar-refractivity contribution is 0.148. The fourth-order valence-corrected chi connectivity index (χ4v) is 2.04. The smallest absolute Gasteiger partial charge is 0.133 e. The number of methoxy groups -OCH3 is 1. The van der Waals surface area contributed by atoms with Gasteiger partial charge in [-0.05, 0) is 48.2 Å². The fourth-order valence-electron chi connectivity index (χ4n) is 1.50. The van der Waals surface area contributed by atoms with Crippen LogP contribution in [0.1, 0.15) is 0 Å². The van der Waals surface area contributed by atoms with Crippen molar-refractivity contribution in [1.29, 1.82) is 0 Å². The summed E-state index contributed by atoms with van der Waals surface area (Å²) in [6.07, 6.45) is -0.383. The van der Waals surface area contributed by atoms with E-state index >= 15 is 0 Å². The van der Waals surface area contributed by atoms with E-state index in [9.17, 15) is 5.11 Å². The van der Waals surface area contributed by atoms with Crippen LogP contribution in [-0.2, 0) is 0 Å². The van der Waals surface area contributed by atoms with Crippen LogP contribution in [0.5, 0.6) is 5.75 Å². The van der Waals surface area contributed by atoms with Gasteiger partial charge >= 0.3 is 0 Å². The van der Waals surface area contributed by atoms with E-state index in [4.69, 9.17) is 4.74 Å². The lowest BCUT2D eigenvalue weighted by Gasteiger charge is -2.17. The molecule has 17 heavy (non-hydrogen) atoms. The quantitative estimate of drug-likeness (QED) is 0.841. The van der Waals surface area contributed by atoms with Crippen LogP contribution < -0.4 is 10.1 Å². The Balaban J connectivity index is 2.49. The van der Waals surface area contributed by atoms with Crippen LogP contribution in [0.3, 0.4) is 0 Å². The molecule has 2 N–H and O–H groups in total. The van der Waals surface area contributed by atoms with Gasteiger partial charge in [-0.25, -0.2) is 0 Å². The summed E-state index contributed by atoms with van der Waals surface area (Å²) in [5, 5.41) is 12.9. The monoisotopic (exact) mass is 302 g/mol. The van der Waals surface area contributed by atoms with Crippen molar-refractivity contribution in [2.75, 3.05) is 39.6 Å². The summed E-state index contributed by atoms with van der Waals surface area (Å²) >= 11 is 3.42. The molecule has 1 aromatic carbocycles. The Bertz CT molecular complexity index is 358. The van der Waals surface area contributed by atoms with Crippen LogP contribution in [-0.4, -0.2) is 50.4 Å². The van der Waals surface area contributed by atoms with Gasteiger partial charge in [0.05, 0.1) is 17.7 Å². The zero-order valence-corrected chi connectivity index (χ0v) is 12.0. The number of likely N-dealkylation sites (N-methyl/N-ethyl adjacent to an activating group) is 1. The second-order valence-corrected chi connectivity index (χ2v) is 5.00. The molecule has 0 aliphatic heterocycles. The zero-order chi connectivity index (χ0) is 12.8. The molecule has 0 aliphatic rings. The van der Waals surface area contributed by atoms with E-state index in [0.717, 1.165) is 15.9 Å². The third kappa shape index (κ3) is 4.93. The molecule has 1 rings (SSSR count). The van der Waals surface area contributed by atoms with E-state index in [1.807, 2.05) is 37.2 Å². The van der Waals surface area contributed by atoms with Crippen LogP contribution in [0.25, 0.3) is 0 Å². The molecule has 0 aromatic heterocycles. The molecular formula is C12H19BrN2O2. The number of nitrogens with zero attached hydrogens (tertiary/aromatic N) is 1. The topological polar surface area (TPSA) is 44.7 Å². The van der Waals surface area contributed by atoms with E-state index in [1.165, 1.54) is 0 Å². The van der Waals surface area contributed by atoms with Crippen LogP contribution >= 0.6 is 15.9 Å². The molecule has 1 atom stereocenters. The fraction of sp³-hybridized carbons (Fsp3) is 0.500. The van der Waals surface area contributed by atoms with Gasteiger partial charge in [-0.15, -0.1) is 0 Å². The largest absolute Gasteiger partial charge is 0.496 e. The number of rotatable bonds is 6. The normalized spacial score (nSPS) is 12.6. The minimum Gasteiger partial charge on any atom is -0.496 e. The van der Waals surface area contributed by atoms with Gasteiger partial charge in [-0.3, -0.25) is 0 Å². The number of halogens is 1. The van der Waals surface area contributed by atoms with Gasteiger partial charge in [-0.2, -0.15) is 0 Å². The summed E-state index contributed by atoms with van der Waals surface area (Å²) < 4.78 is 6.04. The van der Waals surface area contributed by atoms with E-state index < -0.39 is 0 Å². The SMILES string of the molecule is COc1ccc(NCC(O)CN(C)C)cc1Br. The number of nitrogens with one attached hydrogen (secondary N) is 1. The number of aliphatic hydroxyl groups excluding tert-OH is 1. The molecule has 5 heteroatoms. The molecule has 0 saturated carbocycles. The van der Waals surface area contributed by atoms with Crippen molar-refractivity contribution < 1.29 is 9.84 Å². The van der Waals surface area contributed by atoms with E-state index in [1.54, 1.807) is 7.11 Å². The Morgan fingerprint density at radius 2 is 2.18 bits per heavy atom. The van der Waals surface area contributed by atoms with Crippen molar-refractivity contribution in [2.45, 2.75) is 6.10 Å². The van der Waals surface area contributed by atoms with Gasteiger partial charge < -0.3 is 20.1 Å². The zero-order valence-electron chi connectivity index (χ0n) is 10.4. The third-order valence-electron chi connectivity index (χ3n) is 2.27. The van der Waals surface area contributed by atoms with Crippen molar-refractivity contribution in [3.63, 3.8) is 0 Å². The lowest BCUT2D eigenvalue weighted by Crippen LogP contribution is -2.31. The van der Waals surface area contributed by atoms with E-state index in [-0.39, 0.29) is 6.10 Å². The summed E-state index contributed by atoms with van der Waals surface area (Å²) in [7, 11) is 5.51. The molecule has 0 bridgehead atoms. The molecule has 0 aliphatic carbocycles. The van der Waals surface area contributed by atoms with Crippen molar-refractivity contribution in [3.05, 3.63) is 22.7 Å². The summed E-state index contributed by atoms with van der Waals surface area (Å²) in [6.45, 7) is 1.17. The molecule has 4 nitrogen and oxygen atoms in total. The Labute approximate surface area is 111 Å². The van der Waals surface area contributed by atoms with E-state index in [0.29, 0.717) is 13.1 Å². The highest BCUT2D eigenvalue weighted by atomic mass is 79.9. The molecule has 0 fully saturated rings. The number of hydrogen-bond donors (Lipinski definition) is 2. The number of anilines is 1. The first-order chi connectivity index (χ1) is 8.02. The standard InChI is InChI=1S/C12H19BrN2O2/c1-15(2)8-10(16)7-14-9-4-5-12(17-3)11(13)6-9/h4-6,10,14,16H,7-8H2,1-3H3. The first kappa shape index (κ1) is 14.3. The second kappa shape index (κ2) is 6.83. The summed E-state index contributed by atoms with van der Waals surface area (Å²) in [4.78, 5) is 1.95. The van der Waals surface area contributed by atoms with Crippen molar-refractivity contribution in [1.82, 2.24) is 4.90 Å². The second-order valence-electron chi connectivity index (χ2n) is 4.15. The number of aliphatic hydroxyl groups is 1. The minimum absolute atomic E-state index is 0.383. The molecule has 1 aromatic rings. The van der Waals surface area contributed by atoms with Crippen LogP contribution in [0.4, 0.5) is 5.69 Å². The predicted molar refractivity (Wildman–Crippen MR) is 73.7 cm³/mol. The van der Waals surface area contributed by atoms with E-state index in [2.05, 4.69) is 21.2 Å². The predicted octanol–water partition coefficient (Wildman–Crippen LogP) is 1.79. The maximum Gasteiger partial charge on any atom is 0.133 e. The molecular weight excluding hydrogens is 284 g/mol. The first-order valence-electron chi connectivity index (χ1n) is 5.43. The van der Waals surface area contributed by atoms with Crippen LogP contribution in [0, 0.1) is 0 Å². The van der Waals surface area contributed by atoms with Gasteiger partial charge in [0.2, 0.25) is 0 Å². The Morgan fingerprint density at radius 3 is 2.71 bits per heavy atom. The highest BCUT2D eigenvalue weighted by molar-refractivity contribution is 9.10. The van der Waals surface area contributed by atoms with Gasteiger partial charge in [0.15, 0.2) is 0 Å². The molecule has 0 amide bonds. The van der Waals surface area contributed by atoms with Gasteiger partial charge in [-0.1, -0.05) is 0 Å². The van der Waals surface area contributed by atoms with Gasteiger partial charge in [0.25, 0.3) is 0 Å². The molecule has 1 unspecified atom stereocenters. The number of hydrogen-bond acceptors (Lipinski definition) is 4. The van der Waals surface area contributed by atoms with Gasteiger partial charge in [0.1, 0.15) is 5.75 Å². The number of ether oxygens (including phenoxy) is 1. The summed E-state index contributed by atoms with van der Waals surface area (Å²) in [6, 6.07) is 5.73. The maximum atomic E-state index is 9.71. The summed E-state index contributed by atoms with van der Waals surface area (Å²) in [5.41, 5.74) is 0.954. The molecule has 96 valence electrons.